The number of benzene rings is 2. The summed E-state index contributed by atoms with van der Waals surface area (Å²) in [6.45, 7) is 0.865. The zero-order valence-corrected chi connectivity index (χ0v) is 12.1. The van der Waals surface area contributed by atoms with E-state index >= 15 is 0 Å². The Balaban J connectivity index is 2.10. The fraction of sp³-hybridized carbons (Fsp3) is 0.200. The van der Waals surface area contributed by atoms with Gasteiger partial charge in [-0.25, -0.2) is 0 Å². The van der Waals surface area contributed by atoms with E-state index in [1.54, 1.807) is 12.1 Å². The van der Waals surface area contributed by atoms with Gasteiger partial charge < -0.3 is 15.2 Å². The van der Waals surface area contributed by atoms with Crippen LogP contribution in [0.25, 0.3) is 11.1 Å². The summed E-state index contributed by atoms with van der Waals surface area (Å²) < 4.78 is 11.6. The van der Waals surface area contributed by atoms with Gasteiger partial charge in [0.25, 0.3) is 0 Å². The van der Waals surface area contributed by atoms with Crippen molar-refractivity contribution in [1.82, 2.24) is 0 Å². The first-order chi connectivity index (χ1) is 9.69. The quantitative estimate of drug-likeness (QED) is 0.918. The molecule has 1 unspecified atom stereocenters. The Morgan fingerprint density at radius 2 is 2.00 bits per heavy atom. The molecule has 0 radical (unpaired) electrons. The first-order valence-corrected chi connectivity index (χ1v) is 7.02. The highest BCUT2D eigenvalue weighted by molar-refractivity contribution is 6.36. The molecule has 2 aromatic rings. The van der Waals surface area contributed by atoms with Gasteiger partial charge in [-0.05, 0) is 18.2 Å². The van der Waals surface area contributed by atoms with Crippen LogP contribution in [-0.2, 0) is 0 Å². The summed E-state index contributed by atoms with van der Waals surface area (Å²) in [6, 6.07) is 11.1. The zero-order valence-electron chi connectivity index (χ0n) is 10.6. The Labute approximate surface area is 127 Å². The Morgan fingerprint density at radius 3 is 2.75 bits per heavy atom. The van der Waals surface area contributed by atoms with Crippen molar-refractivity contribution in [3.05, 3.63) is 46.4 Å². The summed E-state index contributed by atoms with van der Waals surface area (Å²) in [6.07, 6.45) is -0.144. The minimum absolute atomic E-state index is 0.144. The van der Waals surface area contributed by atoms with Crippen LogP contribution in [0.3, 0.4) is 0 Å². The number of fused-ring (bicyclic) bond motifs is 1. The van der Waals surface area contributed by atoms with E-state index in [2.05, 4.69) is 0 Å². The van der Waals surface area contributed by atoms with E-state index in [0.29, 0.717) is 34.7 Å². The molecule has 1 heterocycles. The van der Waals surface area contributed by atoms with Crippen LogP contribution in [0.2, 0.25) is 10.0 Å². The molecule has 1 aliphatic heterocycles. The van der Waals surface area contributed by atoms with Gasteiger partial charge in [0, 0.05) is 22.7 Å². The van der Waals surface area contributed by atoms with Crippen LogP contribution in [-0.4, -0.2) is 19.3 Å². The normalized spacial score (nSPS) is 17.1. The molecule has 0 spiro atoms. The van der Waals surface area contributed by atoms with Gasteiger partial charge in [0.1, 0.15) is 12.7 Å². The molecule has 0 saturated heterocycles. The maximum Gasteiger partial charge on any atom is 0.169 e. The largest absolute Gasteiger partial charge is 0.486 e. The SMILES string of the molecule is NCC1COc2cccc(-c3ccc(Cl)cc3Cl)c2O1. The van der Waals surface area contributed by atoms with Crippen LogP contribution >= 0.6 is 23.2 Å². The average Bonchev–Trinajstić information content (AvgIpc) is 2.46. The van der Waals surface area contributed by atoms with Crippen molar-refractivity contribution in [2.24, 2.45) is 5.73 Å². The lowest BCUT2D eigenvalue weighted by Crippen LogP contribution is -2.35. The summed E-state index contributed by atoms with van der Waals surface area (Å²) in [4.78, 5) is 0. The average molecular weight is 310 g/mol. The smallest absolute Gasteiger partial charge is 0.169 e. The maximum absolute atomic E-state index is 6.27. The topological polar surface area (TPSA) is 44.5 Å². The van der Waals surface area contributed by atoms with Gasteiger partial charge >= 0.3 is 0 Å². The first kappa shape index (κ1) is 13.6. The van der Waals surface area contributed by atoms with E-state index in [4.69, 9.17) is 38.4 Å². The second-order valence-corrected chi connectivity index (χ2v) is 5.39. The monoisotopic (exact) mass is 309 g/mol. The Bertz CT molecular complexity index is 646. The van der Waals surface area contributed by atoms with Gasteiger partial charge in [0.15, 0.2) is 11.5 Å². The third kappa shape index (κ3) is 2.44. The van der Waals surface area contributed by atoms with E-state index in [0.717, 1.165) is 11.1 Å². The standard InChI is InChI=1S/C15H13Cl2NO2/c16-9-4-5-11(13(17)6-9)12-2-1-3-14-15(12)20-10(7-18)8-19-14/h1-6,10H,7-8,18H2. The molecule has 1 aliphatic rings. The number of para-hydroxylation sites is 1. The van der Waals surface area contributed by atoms with Crippen molar-refractivity contribution in [2.45, 2.75) is 6.10 Å². The number of nitrogens with two attached hydrogens (primary N) is 1. The lowest BCUT2D eigenvalue weighted by molar-refractivity contribution is 0.0976. The van der Waals surface area contributed by atoms with Crippen molar-refractivity contribution in [2.75, 3.05) is 13.2 Å². The van der Waals surface area contributed by atoms with Gasteiger partial charge in [0.05, 0.1) is 5.02 Å². The van der Waals surface area contributed by atoms with E-state index in [9.17, 15) is 0 Å². The molecular formula is C15H13Cl2NO2. The fourth-order valence-corrected chi connectivity index (χ4v) is 2.68. The summed E-state index contributed by atoms with van der Waals surface area (Å²) in [7, 11) is 0. The molecule has 1 atom stereocenters. The molecule has 2 N–H and O–H groups in total. The van der Waals surface area contributed by atoms with Gasteiger partial charge in [-0.15, -0.1) is 0 Å². The molecule has 3 nitrogen and oxygen atoms in total. The predicted octanol–water partition coefficient (Wildman–Crippen LogP) is 3.76. The number of ether oxygens (including phenoxy) is 2. The third-order valence-electron chi connectivity index (χ3n) is 3.17. The van der Waals surface area contributed by atoms with Gasteiger partial charge in [-0.3, -0.25) is 0 Å². The lowest BCUT2D eigenvalue weighted by atomic mass is 10.0. The molecule has 20 heavy (non-hydrogen) atoms. The first-order valence-electron chi connectivity index (χ1n) is 6.27. The van der Waals surface area contributed by atoms with E-state index in [1.807, 2.05) is 24.3 Å². The molecule has 0 aromatic heterocycles. The second kappa shape index (κ2) is 5.52. The van der Waals surface area contributed by atoms with Gasteiger partial charge in [-0.1, -0.05) is 41.4 Å². The number of rotatable bonds is 2. The second-order valence-electron chi connectivity index (χ2n) is 4.54. The summed E-state index contributed by atoms with van der Waals surface area (Å²) >= 11 is 12.2. The van der Waals surface area contributed by atoms with Crippen LogP contribution in [0, 0.1) is 0 Å². The molecule has 0 aliphatic carbocycles. The van der Waals surface area contributed by atoms with Crippen molar-refractivity contribution in [3.63, 3.8) is 0 Å². The fourth-order valence-electron chi connectivity index (χ4n) is 2.17. The molecule has 0 fully saturated rings. The Kier molecular flexibility index (Phi) is 3.74. The summed E-state index contributed by atoms with van der Waals surface area (Å²) in [5, 5.41) is 1.17. The van der Waals surface area contributed by atoms with Gasteiger partial charge in [0.2, 0.25) is 0 Å². The number of hydrogen-bond acceptors (Lipinski definition) is 3. The maximum atomic E-state index is 6.27. The van der Waals surface area contributed by atoms with Crippen LogP contribution in [0.1, 0.15) is 0 Å². The Morgan fingerprint density at radius 1 is 1.15 bits per heavy atom. The van der Waals surface area contributed by atoms with Crippen molar-refractivity contribution in [1.29, 1.82) is 0 Å². The molecule has 104 valence electrons. The zero-order chi connectivity index (χ0) is 14.1. The molecule has 0 saturated carbocycles. The highest BCUT2D eigenvalue weighted by Gasteiger charge is 2.23. The van der Waals surface area contributed by atoms with Crippen LogP contribution in [0.4, 0.5) is 0 Å². The highest BCUT2D eigenvalue weighted by atomic mass is 35.5. The minimum atomic E-state index is -0.144. The predicted molar refractivity (Wildman–Crippen MR) is 80.9 cm³/mol. The summed E-state index contributed by atoms with van der Waals surface area (Å²) in [5.74, 6) is 1.39. The summed E-state index contributed by atoms with van der Waals surface area (Å²) in [5.41, 5.74) is 7.38. The van der Waals surface area contributed by atoms with Crippen LogP contribution in [0.15, 0.2) is 36.4 Å². The molecule has 0 amide bonds. The van der Waals surface area contributed by atoms with Crippen molar-refractivity contribution in [3.8, 4) is 22.6 Å². The molecule has 5 heteroatoms. The highest BCUT2D eigenvalue weighted by Crippen LogP contribution is 2.43. The van der Waals surface area contributed by atoms with Gasteiger partial charge in [-0.2, -0.15) is 0 Å². The van der Waals surface area contributed by atoms with Crippen LogP contribution in [0.5, 0.6) is 11.5 Å². The molecule has 3 rings (SSSR count). The lowest BCUT2D eigenvalue weighted by Gasteiger charge is -2.27. The van der Waals surface area contributed by atoms with Crippen molar-refractivity contribution < 1.29 is 9.47 Å². The van der Waals surface area contributed by atoms with Crippen molar-refractivity contribution >= 4 is 23.2 Å². The number of hydrogen-bond donors (Lipinski definition) is 1. The number of halogens is 2. The van der Waals surface area contributed by atoms with E-state index < -0.39 is 0 Å². The van der Waals surface area contributed by atoms with E-state index in [1.165, 1.54) is 0 Å². The minimum Gasteiger partial charge on any atom is -0.486 e. The van der Waals surface area contributed by atoms with Crippen LogP contribution < -0.4 is 15.2 Å². The Hall–Kier alpha value is -1.42. The molecule has 0 bridgehead atoms. The van der Waals surface area contributed by atoms with E-state index in [-0.39, 0.29) is 6.10 Å². The third-order valence-corrected chi connectivity index (χ3v) is 3.72. The molecular weight excluding hydrogens is 297 g/mol. The molecule has 2 aromatic carbocycles.